The minimum atomic E-state index is -0.0110. The normalized spacial score (nSPS) is 20.5. The van der Waals surface area contributed by atoms with Gasteiger partial charge in [-0.3, -0.25) is 9.69 Å². The maximum absolute atomic E-state index is 11.4. The van der Waals surface area contributed by atoms with Crippen molar-refractivity contribution in [3.8, 4) is 0 Å². The van der Waals surface area contributed by atoms with Gasteiger partial charge in [0.05, 0.1) is 6.04 Å². The molecular weight excluding hydrogens is 190 g/mol. The zero-order valence-electron chi connectivity index (χ0n) is 10.0. The largest absolute Gasteiger partial charge is 0.314 e. The van der Waals surface area contributed by atoms with E-state index in [0.717, 1.165) is 32.7 Å². The third kappa shape index (κ3) is 4.73. The molecule has 1 fully saturated rings. The Hall–Kier alpha value is -0.450. The molecular formula is C11H23N3O. The Balaban J connectivity index is 2.38. The summed E-state index contributed by atoms with van der Waals surface area (Å²) in [6.07, 6.45) is 0. The van der Waals surface area contributed by atoms with Crippen LogP contribution in [0.5, 0.6) is 0 Å². The molecule has 4 nitrogen and oxygen atoms in total. The van der Waals surface area contributed by atoms with Crippen molar-refractivity contribution in [2.24, 2.45) is 0 Å². The number of nitrogens with zero attached hydrogens (tertiary/aromatic N) is 1. The third-order valence-electron chi connectivity index (χ3n) is 2.68. The van der Waals surface area contributed by atoms with E-state index < -0.39 is 0 Å². The van der Waals surface area contributed by atoms with Crippen molar-refractivity contribution in [2.75, 3.05) is 32.7 Å². The molecule has 1 saturated heterocycles. The van der Waals surface area contributed by atoms with Crippen LogP contribution in [-0.2, 0) is 4.79 Å². The first-order valence-electron chi connectivity index (χ1n) is 5.79. The SMILES string of the molecule is CC(=O)C(CN1CCNCC1)NC(C)C. The zero-order valence-corrected chi connectivity index (χ0v) is 10.0. The summed E-state index contributed by atoms with van der Waals surface area (Å²) < 4.78 is 0. The van der Waals surface area contributed by atoms with E-state index in [0.29, 0.717) is 6.04 Å². The number of Topliss-reactive ketones (excluding diaryl/α,β-unsaturated/α-hetero) is 1. The minimum Gasteiger partial charge on any atom is -0.314 e. The number of carbonyl (C=O) groups excluding carboxylic acids is 1. The van der Waals surface area contributed by atoms with Crippen molar-refractivity contribution in [3.63, 3.8) is 0 Å². The summed E-state index contributed by atoms with van der Waals surface area (Å²) in [5, 5.41) is 6.63. The van der Waals surface area contributed by atoms with Gasteiger partial charge in [-0.25, -0.2) is 0 Å². The lowest BCUT2D eigenvalue weighted by molar-refractivity contribution is -0.119. The molecule has 1 aliphatic rings. The van der Waals surface area contributed by atoms with Crippen LogP contribution in [0.4, 0.5) is 0 Å². The van der Waals surface area contributed by atoms with Gasteiger partial charge in [0, 0.05) is 38.8 Å². The van der Waals surface area contributed by atoms with Crippen molar-refractivity contribution in [3.05, 3.63) is 0 Å². The lowest BCUT2D eigenvalue weighted by atomic mass is 10.1. The minimum absolute atomic E-state index is 0.0110. The third-order valence-corrected chi connectivity index (χ3v) is 2.68. The summed E-state index contributed by atoms with van der Waals surface area (Å²) in [5.41, 5.74) is 0. The Morgan fingerprint density at radius 3 is 2.47 bits per heavy atom. The van der Waals surface area contributed by atoms with Crippen LogP contribution < -0.4 is 10.6 Å². The van der Waals surface area contributed by atoms with Gasteiger partial charge in [0.1, 0.15) is 5.78 Å². The van der Waals surface area contributed by atoms with Crippen LogP contribution in [0.25, 0.3) is 0 Å². The smallest absolute Gasteiger partial charge is 0.147 e. The number of ketones is 1. The monoisotopic (exact) mass is 213 g/mol. The second kappa shape index (κ2) is 6.20. The molecule has 0 saturated carbocycles. The van der Waals surface area contributed by atoms with Crippen molar-refractivity contribution in [2.45, 2.75) is 32.9 Å². The summed E-state index contributed by atoms with van der Waals surface area (Å²) in [4.78, 5) is 13.8. The average molecular weight is 213 g/mol. The van der Waals surface area contributed by atoms with E-state index in [4.69, 9.17) is 0 Å². The van der Waals surface area contributed by atoms with Crippen LogP contribution in [0.15, 0.2) is 0 Å². The number of hydrogen-bond donors (Lipinski definition) is 2. The number of piperazine rings is 1. The molecule has 0 spiro atoms. The number of nitrogens with one attached hydrogen (secondary N) is 2. The maximum Gasteiger partial charge on any atom is 0.147 e. The molecule has 0 aromatic carbocycles. The highest BCUT2D eigenvalue weighted by Crippen LogP contribution is 1.98. The highest BCUT2D eigenvalue weighted by molar-refractivity contribution is 5.81. The molecule has 0 radical (unpaired) electrons. The first kappa shape index (κ1) is 12.6. The Morgan fingerprint density at radius 2 is 2.00 bits per heavy atom. The number of hydrogen-bond acceptors (Lipinski definition) is 4. The van der Waals surface area contributed by atoms with Crippen molar-refractivity contribution in [1.82, 2.24) is 15.5 Å². The Kier molecular flexibility index (Phi) is 5.22. The summed E-state index contributed by atoms with van der Waals surface area (Å²) in [6, 6.07) is 0.352. The number of rotatable bonds is 5. The van der Waals surface area contributed by atoms with E-state index in [2.05, 4.69) is 29.4 Å². The van der Waals surface area contributed by atoms with Crippen molar-refractivity contribution in [1.29, 1.82) is 0 Å². The van der Waals surface area contributed by atoms with Crippen LogP contribution >= 0.6 is 0 Å². The van der Waals surface area contributed by atoms with E-state index in [1.54, 1.807) is 6.92 Å². The second-order valence-corrected chi connectivity index (χ2v) is 4.54. The van der Waals surface area contributed by atoms with E-state index in [1.165, 1.54) is 0 Å². The first-order chi connectivity index (χ1) is 7.09. The summed E-state index contributed by atoms with van der Waals surface area (Å²) >= 11 is 0. The highest BCUT2D eigenvalue weighted by atomic mass is 16.1. The molecule has 0 aromatic heterocycles. The van der Waals surface area contributed by atoms with Crippen LogP contribution in [0, 0.1) is 0 Å². The van der Waals surface area contributed by atoms with Gasteiger partial charge >= 0.3 is 0 Å². The number of carbonyl (C=O) groups is 1. The van der Waals surface area contributed by atoms with Crippen molar-refractivity contribution < 1.29 is 4.79 Å². The predicted molar refractivity (Wildman–Crippen MR) is 62.1 cm³/mol. The van der Waals surface area contributed by atoms with Gasteiger partial charge in [-0.1, -0.05) is 13.8 Å². The van der Waals surface area contributed by atoms with E-state index in [9.17, 15) is 4.79 Å². The molecule has 1 unspecified atom stereocenters. The van der Waals surface area contributed by atoms with Gasteiger partial charge in [-0.15, -0.1) is 0 Å². The van der Waals surface area contributed by atoms with Crippen LogP contribution in [0.3, 0.4) is 0 Å². The molecule has 1 atom stereocenters. The fourth-order valence-corrected chi connectivity index (χ4v) is 1.85. The average Bonchev–Trinajstić information content (AvgIpc) is 2.17. The molecule has 4 heteroatoms. The topological polar surface area (TPSA) is 44.4 Å². The molecule has 0 amide bonds. The van der Waals surface area contributed by atoms with E-state index >= 15 is 0 Å². The molecule has 1 aliphatic heterocycles. The van der Waals surface area contributed by atoms with Crippen LogP contribution in [0.2, 0.25) is 0 Å². The predicted octanol–water partition coefficient (Wildman–Crippen LogP) is -0.153. The molecule has 1 rings (SSSR count). The molecule has 1 heterocycles. The summed E-state index contributed by atoms with van der Waals surface area (Å²) in [5.74, 6) is 0.238. The Morgan fingerprint density at radius 1 is 1.40 bits per heavy atom. The van der Waals surface area contributed by atoms with Gasteiger partial charge in [-0.2, -0.15) is 0 Å². The van der Waals surface area contributed by atoms with Crippen LogP contribution in [0.1, 0.15) is 20.8 Å². The fraction of sp³-hybridized carbons (Fsp3) is 0.909. The van der Waals surface area contributed by atoms with Gasteiger partial charge in [0.2, 0.25) is 0 Å². The quantitative estimate of drug-likeness (QED) is 0.666. The standard InChI is InChI=1S/C11H23N3O/c1-9(2)13-11(10(3)15)8-14-6-4-12-5-7-14/h9,11-13H,4-8H2,1-3H3. The summed E-state index contributed by atoms with van der Waals surface area (Å²) in [6.45, 7) is 10.8. The van der Waals surface area contributed by atoms with Crippen LogP contribution in [-0.4, -0.2) is 55.5 Å². The molecule has 15 heavy (non-hydrogen) atoms. The maximum atomic E-state index is 11.4. The second-order valence-electron chi connectivity index (χ2n) is 4.54. The Labute approximate surface area is 92.4 Å². The Bertz CT molecular complexity index is 200. The van der Waals surface area contributed by atoms with Gasteiger partial charge < -0.3 is 10.6 Å². The van der Waals surface area contributed by atoms with E-state index in [1.807, 2.05) is 0 Å². The summed E-state index contributed by atoms with van der Waals surface area (Å²) in [7, 11) is 0. The molecule has 0 aromatic rings. The van der Waals surface area contributed by atoms with Gasteiger partial charge in [-0.05, 0) is 6.92 Å². The van der Waals surface area contributed by atoms with Gasteiger partial charge in [0.15, 0.2) is 0 Å². The lowest BCUT2D eigenvalue weighted by Crippen LogP contribution is -2.52. The highest BCUT2D eigenvalue weighted by Gasteiger charge is 2.19. The fourth-order valence-electron chi connectivity index (χ4n) is 1.85. The molecule has 2 N–H and O–H groups in total. The molecule has 88 valence electrons. The van der Waals surface area contributed by atoms with E-state index in [-0.39, 0.29) is 11.8 Å². The first-order valence-corrected chi connectivity index (χ1v) is 5.79. The lowest BCUT2D eigenvalue weighted by Gasteiger charge is -2.31. The molecule has 0 aliphatic carbocycles. The van der Waals surface area contributed by atoms with Gasteiger partial charge in [0.25, 0.3) is 0 Å². The molecule has 0 bridgehead atoms. The van der Waals surface area contributed by atoms with Crippen molar-refractivity contribution >= 4 is 5.78 Å². The zero-order chi connectivity index (χ0) is 11.3.